The molecule has 1 aliphatic rings. The standard InChI is InChI=1S/C8H13N/c1-8(2)6-4-5-7(8)9-3/h7H,4-6H2,1-2H3. The molecule has 0 N–H and O–H groups in total. The maximum atomic E-state index is 6.88. The summed E-state index contributed by atoms with van der Waals surface area (Å²) in [6.45, 7) is 11.3. The van der Waals surface area contributed by atoms with Gasteiger partial charge >= 0.3 is 0 Å². The molecule has 1 fully saturated rings. The summed E-state index contributed by atoms with van der Waals surface area (Å²) in [5.74, 6) is 0. The Balaban J connectivity index is 2.65. The van der Waals surface area contributed by atoms with E-state index in [4.69, 9.17) is 6.57 Å². The van der Waals surface area contributed by atoms with Gasteiger partial charge in [0.2, 0.25) is 6.04 Å². The molecule has 0 spiro atoms. The first-order chi connectivity index (χ1) is 4.17. The molecule has 0 amide bonds. The van der Waals surface area contributed by atoms with Gasteiger partial charge in [-0.2, -0.15) is 0 Å². The van der Waals surface area contributed by atoms with Gasteiger partial charge in [-0.25, -0.2) is 6.57 Å². The van der Waals surface area contributed by atoms with Crippen molar-refractivity contribution >= 4 is 0 Å². The minimum Gasteiger partial charge on any atom is -0.313 e. The second-order valence-corrected chi connectivity index (χ2v) is 3.53. The number of hydrogen-bond acceptors (Lipinski definition) is 0. The van der Waals surface area contributed by atoms with Crippen LogP contribution in [0.1, 0.15) is 33.1 Å². The first kappa shape index (κ1) is 6.61. The lowest BCUT2D eigenvalue weighted by Crippen LogP contribution is -2.18. The first-order valence-electron chi connectivity index (χ1n) is 3.53. The highest BCUT2D eigenvalue weighted by Crippen LogP contribution is 2.39. The molecule has 0 aliphatic heterocycles. The lowest BCUT2D eigenvalue weighted by Gasteiger charge is -2.15. The summed E-state index contributed by atoms with van der Waals surface area (Å²) in [4.78, 5) is 3.59. The predicted molar refractivity (Wildman–Crippen MR) is 38.0 cm³/mol. The lowest BCUT2D eigenvalue weighted by molar-refractivity contribution is 0.364. The fraction of sp³-hybridized carbons (Fsp3) is 0.875. The Kier molecular flexibility index (Phi) is 1.48. The molecule has 0 aromatic rings. The molecule has 1 saturated carbocycles. The average Bonchev–Trinajstić information content (AvgIpc) is 2.08. The summed E-state index contributed by atoms with van der Waals surface area (Å²) in [5, 5.41) is 0. The summed E-state index contributed by atoms with van der Waals surface area (Å²) in [5.41, 5.74) is 0.307. The van der Waals surface area contributed by atoms with Crippen molar-refractivity contribution in [3.8, 4) is 0 Å². The van der Waals surface area contributed by atoms with Crippen molar-refractivity contribution in [2.24, 2.45) is 5.41 Å². The largest absolute Gasteiger partial charge is 0.313 e. The summed E-state index contributed by atoms with van der Waals surface area (Å²) < 4.78 is 0. The highest BCUT2D eigenvalue weighted by Gasteiger charge is 2.39. The van der Waals surface area contributed by atoms with E-state index in [1.54, 1.807) is 0 Å². The molecule has 50 valence electrons. The van der Waals surface area contributed by atoms with Crippen molar-refractivity contribution in [3.05, 3.63) is 11.4 Å². The van der Waals surface area contributed by atoms with Gasteiger partial charge in [0.1, 0.15) is 0 Å². The molecule has 0 bridgehead atoms. The Hall–Kier alpha value is -0.510. The minimum atomic E-state index is 0.303. The van der Waals surface area contributed by atoms with Crippen LogP contribution in [0.3, 0.4) is 0 Å². The molecule has 0 aromatic carbocycles. The van der Waals surface area contributed by atoms with Gasteiger partial charge in [-0.3, -0.25) is 0 Å². The van der Waals surface area contributed by atoms with Crippen LogP contribution in [0.25, 0.3) is 4.85 Å². The first-order valence-corrected chi connectivity index (χ1v) is 3.53. The summed E-state index contributed by atoms with van der Waals surface area (Å²) in [6, 6.07) is 0.303. The van der Waals surface area contributed by atoms with Crippen LogP contribution >= 0.6 is 0 Å². The summed E-state index contributed by atoms with van der Waals surface area (Å²) in [7, 11) is 0. The normalized spacial score (nSPS) is 31.9. The molecular formula is C8H13N. The topological polar surface area (TPSA) is 4.36 Å². The Morgan fingerprint density at radius 3 is 2.44 bits per heavy atom. The number of nitrogens with zero attached hydrogens (tertiary/aromatic N) is 1. The minimum absolute atomic E-state index is 0.303. The third kappa shape index (κ3) is 1.08. The zero-order valence-electron chi connectivity index (χ0n) is 6.15. The Bertz CT molecular complexity index is 141. The van der Waals surface area contributed by atoms with Crippen molar-refractivity contribution in [2.45, 2.75) is 39.2 Å². The molecule has 1 atom stereocenters. The molecule has 1 unspecified atom stereocenters. The van der Waals surface area contributed by atoms with E-state index in [1.165, 1.54) is 12.8 Å². The van der Waals surface area contributed by atoms with Crippen molar-refractivity contribution in [1.82, 2.24) is 0 Å². The van der Waals surface area contributed by atoms with Crippen LogP contribution in [0.15, 0.2) is 0 Å². The van der Waals surface area contributed by atoms with Crippen LogP contribution in [0.5, 0.6) is 0 Å². The maximum absolute atomic E-state index is 6.88. The van der Waals surface area contributed by atoms with Gasteiger partial charge in [0, 0.05) is 11.8 Å². The SMILES string of the molecule is [C-]#[N+]C1CCCC1(C)C. The van der Waals surface area contributed by atoms with E-state index in [2.05, 4.69) is 18.7 Å². The third-order valence-corrected chi connectivity index (χ3v) is 2.36. The molecule has 0 saturated heterocycles. The van der Waals surface area contributed by atoms with Crippen LogP contribution in [-0.2, 0) is 0 Å². The van der Waals surface area contributed by atoms with Gasteiger partial charge in [0.15, 0.2) is 0 Å². The van der Waals surface area contributed by atoms with Crippen LogP contribution in [0, 0.1) is 12.0 Å². The highest BCUT2D eigenvalue weighted by atomic mass is 14.8. The second kappa shape index (κ2) is 2.02. The van der Waals surface area contributed by atoms with Crippen LogP contribution in [0.4, 0.5) is 0 Å². The lowest BCUT2D eigenvalue weighted by atomic mass is 9.88. The van der Waals surface area contributed by atoms with E-state index in [-0.39, 0.29) is 0 Å². The predicted octanol–water partition coefficient (Wildman–Crippen LogP) is 2.48. The Morgan fingerprint density at radius 1 is 1.56 bits per heavy atom. The van der Waals surface area contributed by atoms with Crippen LogP contribution < -0.4 is 0 Å². The van der Waals surface area contributed by atoms with Gasteiger partial charge in [-0.1, -0.05) is 13.8 Å². The number of rotatable bonds is 0. The Morgan fingerprint density at radius 2 is 2.22 bits per heavy atom. The van der Waals surface area contributed by atoms with Gasteiger partial charge in [-0.15, -0.1) is 0 Å². The molecule has 0 heterocycles. The van der Waals surface area contributed by atoms with Crippen molar-refractivity contribution in [3.63, 3.8) is 0 Å². The van der Waals surface area contributed by atoms with Crippen molar-refractivity contribution in [2.75, 3.05) is 0 Å². The second-order valence-electron chi connectivity index (χ2n) is 3.53. The van der Waals surface area contributed by atoms with Crippen LogP contribution in [0.2, 0.25) is 0 Å². The molecule has 1 aliphatic carbocycles. The quantitative estimate of drug-likeness (QED) is 0.436. The van der Waals surface area contributed by atoms with E-state index < -0.39 is 0 Å². The molecule has 1 heteroatoms. The molecule has 0 aromatic heterocycles. The summed E-state index contributed by atoms with van der Waals surface area (Å²) >= 11 is 0. The van der Waals surface area contributed by atoms with E-state index in [0.717, 1.165) is 6.42 Å². The van der Waals surface area contributed by atoms with E-state index in [0.29, 0.717) is 11.5 Å². The van der Waals surface area contributed by atoms with E-state index in [1.807, 2.05) is 0 Å². The number of hydrogen-bond donors (Lipinski definition) is 0. The van der Waals surface area contributed by atoms with Crippen LogP contribution in [-0.4, -0.2) is 6.04 Å². The molecule has 1 rings (SSSR count). The van der Waals surface area contributed by atoms with Gasteiger partial charge in [0.25, 0.3) is 0 Å². The van der Waals surface area contributed by atoms with Gasteiger partial charge in [-0.05, 0) is 12.8 Å². The molecule has 1 nitrogen and oxygen atoms in total. The third-order valence-electron chi connectivity index (χ3n) is 2.36. The van der Waals surface area contributed by atoms with E-state index >= 15 is 0 Å². The van der Waals surface area contributed by atoms with Crippen molar-refractivity contribution < 1.29 is 0 Å². The molecule has 9 heavy (non-hydrogen) atoms. The Labute approximate surface area is 56.9 Å². The van der Waals surface area contributed by atoms with Gasteiger partial charge in [0.05, 0.1) is 0 Å². The fourth-order valence-corrected chi connectivity index (χ4v) is 1.55. The average molecular weight is 123 g/mol. The molecular weight excluding hydrogens is 110 g/mol. The zero-order chi connectivity index (χ0) is 6.91. The fourth-order valence-electron chi connectivity index (χ4n) is 1.55. The smallest absolute Gasteiger partial charge is 0.228 e. The van der Waals surface area contributed by atoms with Gasteiger partial charge < -0.3 is 4.85 Å². The van der Waals surface area contributed by atoms with E-state index in [9.17, 15) is 0 Å². The molecule has 0 radical (unpaired) electrons. The summed E-state index contributed by atoms with van der Waals surface area (Å²) in [6.07, 6.45) is 3.61. The highest BCUT2D eigenvalue weighted by molar-refractivity contribution is 4.96. The zero-order valence-corrected chi connectivity index (χ0v) is 6.15. The monoisotopic (exact) mass is 123 g/mol. The maximum Gasteiger partial charge on any atom is 0.228 e. The van der Waals surface area contributed by atoms with Crippen molar-refractivity contribution in [1.29, 1.82) is 0 Å².